The lowest BCUT2D eigenvalue weighted by atomic mass is 10.2. The summed E-state index contributed by atoms with van der Waals surface area (Å²) in [6.45, 7) is 0.275. The number of aliphatic imine (C=N–C) groups is 1. The van der Waals surface area contributed by atoms with E-state index < -0.39 is 0 Å². The van der Waals surface area contributed by atoms with Crippen molar-refractivity contribution in [3.63, 3.8) is 0 Å². The van der Waals surface area contributed by atoms with Crippen LogP contribution in [0.15, 0.2) is 35.2 Å². The van der Waals surface area contributed by atoms with Gasteiger partial charge in [-0.15, -0.1) is 0 Å². The third-order valence-electron chi connectivity index (χ3n) is 1.09. The van der Waals surface area contributed by atoms with Gasteiger partial charge < -0.3 is 0 Å². The van der Waals surface area contributed by atoms with Crippen LogP contribution in [-0.2, 0) is 6.42 Å². The molecule has 0 bridgehead atoms. The molecule has 0 amide bonds. The number of nitrogens with zero attached hydrogens (tertiary/aromatic N) is 1. The predicted molar refractivity (Wildman–Crippen MR) is 50.0 cm³/mol. The Kier molecular flexibility index (Phi) is 1.57. The second kappa shape index (κ2) is 4.78. The van der Waals surface area contributed by atoms with Crippen LogP contribution >= 0.6 is 12.2 Å². The van der Waals surface area contributed by atoms with Gasteiger partial charge in [-0.2, -0.15) is 0 Å². The minimum absolute atomic E-state index is 0.175. The molecular weight excluding hydrogens is 154 g/mol. The number of isothiocyanates is 1. The number of hydrogen-bond donors (Lipinski definition) is 0. The molecule has 0 saturated carbocycles. The molecule has 0 atom stereocenters. The van der Waals surface area contributed by atoms with Crippen molar-refractivity contribution in [1.82, 2.24) is 0 Å². The van der Waals surface area contributed by atoms with Gasteiger partial charge in [-0.05, 0) is 24.2 Å². The van der Waals surface area contributed by atoms with Gasteiger partial charge in [-0.25, -0.2) is 4.99 Å². The van der Waals surface area contributed by atoms with Crippen LogP contribution in [0, 0.1) is 0 Å². The lowest BCUT2D eigenvalue weighted by Gasteiger charge is -1.94. The van der Waals surface area contributed by atoms with E-state index in [0.29, 0.717) is 0 Å². The number of benzene rings is 1. The van der Waals surface area contributed by atoms with Crippen molar-refractivity contribution >= 4 is 17.4 Å². The maximum Gasteiger partial charge on any atom is 0.0626 e. The first-order valence-corrected chi connectivity index (χ1v) is 3.51. The first kappa shape index (κ1) is 3.61. The smallest absolute Gasteiger partial charge is 0.0626 e. The van der Waals surface area contributed by atoms with Gasteiger partial charge in [0.15, 0.2) is 0 Å². The second-order valence-corrected chi connectivity index (χ2v) is 2.01. The second-order valence-electron chi connectivity index (χ2n) is 1.83. The molecule has 1 aromatic carbocycles. The Morgan fingerprint density at radius 3 is 2.82 bits per heavy atom. The van der Waals surface area contributed by atoms with Crippen LogP contribution in [0.5, 0.6) is 0 Å². The Labute approximate surface area is 78.8 Å². The molecular formula is C9H9NS. The van der Waals surface area contributed by atoms with Gasteiger partial charge in [0.25, 0.3) is 0 Å². The van der Waals surface area contributed by atoms with Crippen molar-refractivity contribution in [3.05, 3.63) is 35.8 Å². The van der Waals surface area contributed by atoms with Crippen molar-refractivity contribution in [1.29, 1.82) is 0 Å². The van der Waals surface area contributed by atoms with Gasteiger partial charge in [-0.1, -0.05) is 30.2 Å². The van der Waals surface area contributed by atoms with E-state index in [-0.39, 0.29) is 48.7 Å². The van der Waals surface area contributed by atoms with Crippen LogP contribution in [0.25, 0.3) is 0 Å². The van der Waals surface area contributed by atoms with E-state index in [1.54, 1.807) is 0 Å². The minimum atomic E-state index is -0.378. The number of rotatable bonds is 3. The highest BCUT2D eigenvalue weighted by atomic mass is 32.1. The fraction of sp³-hybridized carbons (Fsp3) is 0.222. The van der Waals surface area contributed by atoms with Crippen molar-refractivity contribution in [2.24, 2.45) is 4.99 Å². The average Bonchev–Trinajstić information content (AvgIpc) is 2.28. The molecule has 2 heteroatoms. The third kappa shape index (κ3) is 3.08. The molecule has 0 aliphatic heterocycles. The normalized spacial score (nSPS) is 15.1. The Morgan fingerprint density at radius 2 is 2.18 bits per heavy atom. The van der Waals surface area contributed by atoms with E-state index in [9.17, 15) is 0 Å². The minimum Gasteiger partial charge on any atom is -0.232 e. The lowest BCUT2D eigenvalue weighted by molar-refractivity contribution is 0.976. The van der Waals surface area contributed by atoms with Crippen LogP contribution in [0.1, 0.15) is 12.4 Å². The van der Waals surface area contributed by atoms with Gasteiger partial charge in [0.2, 0.25) is 0 Å². The quantitative estimate of drug-likeness (QED) is 0.498. The monoisotopic (exact) mass is 168 g/mol. The molecule has 0 aliphatic rings. The van der Waals surface area contributed by atoms with E-state index in [1.165, 1.54) is 0 Å². The standard InChI is InChI=1S/C9H9NS/c11-8-10-7-6-9-4-2-1-3-5-9/h1-5H,6-7H2/i1D,2D,3D,4D,5D. The number of thiocarbonyl (C=S) groups is 1. The van der Waals surface area contributed by atoms with Crippen LogP contribution < -0.4 is 0 Å². The summed E-state index contributed by atoms with van der Waals surface area (Å²) in [5, 5.41) is 2.17. The van der Waals surface area contributed by atoms with E-state index in [0.717, 1.165) is 0 Å². The molecule has 0 heterocycles. The third-order valence-corrected chi connectivity index (χ3v) is 1.22. The topological polar surface area (TPSA) is 12.4 Å². The summed E-state index contributed by atoms with van der Waals surface area (Å²) in [7, 11) is 0. The van der Waals surface area contributed by atoms with Gasteiger partial charge in [-0.3, -0.25) is 0 Å². The Hall–Kier alpha value is -0.980. The van der Waals surface area contributed by atoms with Gasteiger partial charge in [0.05, 0.1) is 18.6 Å². The Balaban J connectivity index is 3.22. The Morgan fingerprint density at radius 1 is 1.45 bits per heavy atom. The van der Waals surface area contributed by atoms with Gasteiger partial charge in [0, 0.05) is 0 Å². The molecule has 11 heavy (non-hydrogen) atoms. The Bertz CT molecular complexity index is 438. The van der Waals surface area contributed by atoms with Crippen LogP contribution in [0.3, 0.4) is 0 Å². The van der Waals surface area contributed by atoms with Crippen LogP contribution in [0.2, 0.25) is 0 Å². The van der Waals surface area contributed by atoms with E-state index in [1.807, 2.05) is 0 Å². The zero-order valence-corrected chi connectivity index (χ0v) is 6.59. The molecule has 1 nitrogen and oxygen atoms in total. The summed E-state index contributed by atoms with van der Waals surface area (Å²) in [4.78, 5) is 3.66. The van der Waals surface area contributed by atoms with E-state index in [2.05, 4.69) is 22.4 Å². The van der Waals surface area contributed by atoms with Gasteiger partial charge in [0.1, 0.15) is 0 Å². The summed E-state index contributed by atoms with van der Waals surface area (Å²) < 4.78 is 37.5. The zero-order chi connectivity index (χ0) is 12.3. The first-order chi connectivity index (χ1) is 7.50. The molecule has 0 unspecified atom stereocenters. The molecule has 0 spiro atoms. The predicted octanol–water partition coefficient (Wildman–Crippen LogP) is 2.33. The number of hydrogen-bond acceptors (Lipinski definition) is 2. The average molecular weight is 168 g/mol. The molecule has 0 aliphatic carbocycles. The molecule has 56 valence electrons. The van der Waals surface area contributed by atoms with E-state index in [4.69, 9.17) is 6.85 Å². The molecule has 0 aromatic heterocycles. The van der Waals surface area contributed by atoms with Crippen molar-refractivity contribution in [3.8, 4) is 0 Å². The summed E-state index contributed by atoms with van der Waals surface area (Å²) in [5.74, 6) is 0. The molecule has 0 N–H and O–H groups in total. The summed E-state index contributed by atoms with van der Waals surface area (Å²) in [5.41, 5.74) is 0.264. The molecule has 1 rings (SSSR count). The molecule has 0 radical (unpaired) electrons. The first-order valence-electron chi connectivity index (χ1n) is 5.60. The highest BCUT2D eigenvalue weighted by Gasteiger charge is 1.87. The fourth-order valence-corrected chi connectivity index (χ4v) is 0.706. The lowest BCUT2D eigenvalue weighted by Crippen LogP contribution is -1.87. The van der Waals surface area contributed by atoms with Crippen LogP contribution in [0.4, 0.5) is 0 Å². The highest BCUT2D eigenvalue weighted by Crippen LogP contribution is 1.98. The molecule has 0 fully saturated rings. The SMILES string of the molecule is [2H]c1c([2H])c([2H])c(CCN=C=S)c([2H])c1[2H]. The van der Waals surface area contributed by atoms with Gasteiger partial charge >= 0.3 is 0 Å². The summed E-state index contributed by atoms with van der Waals surface area (Å²) >= 11 is 4.39. The van der Waals surface area contributed by atoms with Crippen molar-refractivity contribution in [2.75, 3.05) is 6.54 Å². The molecule has 1 aromatic rings. The van der Waals surface area contributed by atoms with E-state index >= 15 is 0 Å². The van der Waals surface area contributed by atoms with Crippen molar-refractivity contribution in [2.45, 2.75) is 6.42 Å². The summed E-state index contributed by atoms with van der Waals surface area (Å²) in [6, 6.07) is -1.36. The van der Waals surface area contributed by atoms with Crippen LogP contribution in [-0.4, -0.2) is 11.7 Å². The highest BCUT2D eigenvalue weighted by molar-refractivity contribution is 7.78. The zero-order valence-electron chi connectivity index (χ0n) is 10.8. The van der Waals surface area contributed by atoms with Crippen molar-refractivity contribution < 1.29 is 6.85 Å². The maximum absolute atomic E-state index is 7.61. The summed E-state index contributed by atoms with van der Waals surface area (Å²) in [6.07, 6.45) is 0.263. The molecule has 0 saturated heterocycles. The largest absolute Gasteiger partial charge is 0.232 e. The maximum atomic E-state index is 7.61. The fourth-order valence-electron chi connectivity index (χ4n) is 0.614.